The van der Waals surface area contributed by atoms with Crippen molar-refractivity contribution in [1.82, 2.24) is 14.6 Å². The first-order valence-electron chi connectivity index (χ1n) is 5.61. The normalized spacial score (nSPS) is 14.9. The molecule has 2 aromatic rings. The van der Waals surface area contributed by atoms with Crippen molar-refractivity contribution >= 4 is 23.2 Å². The highest BCUT2D eigenvalue weighted by atomic mass is 16.2. The second-order valence-electron chi connectivity index (χ2n) is 4.17. The lowest BCUT2D eigenvalue weighted by Gasteiger charge is -1.98. The number of carbonyl (C=O) groups is 1. The molecule has 1 amide bonds. The van der Waals surface area contributed by atoms with E-state index in [2.05, 4.69) is 20.7 Å². The van der Waals surface area contributed by atoms with E-state index in [1.165, 1.54) is 0 Å². The van der Waals surface area contributed by atoms with E-state index < -0.39 is 0 Å². The summed E-state index contributed by atoms with van der Waals surface area (Å²) in [7, 11) is 1.84. The smallest absolute Gasteiger partial charge is 0.249 e. The summed E-state index contributed by atoms with van der Waals surface area (Å²) in [5, 5.41) is 9.95. The van der Waals surface area contributed by atoms with Gasteiger partial charge in [0.1, 0.15) is 0 Å². The van der Waals surface area contributed by atoms with Gasteiger partial charge in [-0.25, -0.2) is 4.52 Å². The van der Waals surface area contributed by atoms with E-state index in [0.717, 1.165) is 24.2 Å². The van der Waals surface area contributed by atoms with Crippen LogP contribution < -0.4 is 10.6 Å². The third-order valence-corrected chi connectivity index (χ3v) is 2.80. The number of anilines is 2. The molecule has 3 rings (SSSR count). The van der Waals surface area contributed by atoms with E-state index in [-0.39, 0.29) is 11.8 Å². The van der Waals surface area contributed by atoms with Gasteiger partial charge in [0.05, 0.1) is 11.9 Å². The summed E-state index contributed by atoms with van der Waals surface area (Å²) in [5.41, 5.74) is 1.66. The predicted molar refractivity (Wildman–Crippen MR) is 63.9 cm³/mol. The Kier molecular flexibility index (Phi) is 2.21. The molecule has 6 nitrogen and oxygen atoms in total. The van der Waals surface area contributed by atoms with E-state index in [1.807, 2.05) is 25.4 Å². The average molecular weight is 231 g/mol. The van der Waals surface area contributed by atoms with Gasteiger partial charge >= 0.3 is 0 Å². The number of hydrogen-bond acceptors (Lipinski definition) is 4. The monoisotopic (exact) mass is 231 g/mol. The topological polar surface area (TPSA) is 71.3 Å². The first-order valence-corrected chi connectivity index (χ1v) is 5.61. The Hall–Kier alpha value is -2.11. The fourth-order valence-corrected chi connectivity index (χ4v) is 1.64. The highest BCUT2D eigenvalue weighted by Gasteiger charge is 2.30. The molecule has 1 aliphatic rings. The van der Waals surface area contributed by atoms with Gasteiger partial charge < -0.3 is 5.32 Å². The number of carbonyl (C=O) groups excluding carboxylic acids is 1. The summed E-state index contributed by atoms with van der Waals surface area (Å²) in [4.78, 5) is 15.8. The molecule has 0 aromatic carbocycles. The average Bonchev–Trinajstić information content (AvgIpc) is 3.10. The van der Waals surface area contributed by atoms with Crippen LogP contribution in [-0.2, 0) is 4.79 Å². The number of nitrogens with one attached hydrogen (secondary N) is 2. The predicted octanol–water partition coefficient (Wildman–Crippen LogP) is 1.12. The van der Waals surface area contributed by atoms with Gasteiger partial charge in [0.15, 0.2) is 5.65 Å². The minimum Gasteiger partial charge on any atom is -0.387 e. The molecular weight excluding hydrogens is 218 g/mol. The Labute approximate surface area is 98.0 Å². The lowest BCUT2D eigenvalue weighted by atomic mass is 10.4. The Morgan fingerprint density at radius 1 is 1.47 bits per heavy atom. The van der Waals surface area contributed by atoms with Crippen LogP contribution in [0.15, 0.2) is 18.3 Å². The number of amides is 1. The maximum absolute atomic E-state index is 11.6. The van der Waals surface area contributed by atoms with Crippen LogP contribution in [-0.4, -0.2) is 27.6 Å². The van der Waals surface area contributed by atoms with E-state index in [4.69, 9.17) is 0 Å². The van der Waals surface area contributed by atoms with Gasteiger partial charge in [-0.2, -0.15) is 4.98 Å². The highest BCUT2D eigenvalue weighted by Crippen LogP contribution is 2.29. The Morgan fingerprint density at radius 2 is 2.29 bits per heavy atom. The Balaban J connectivity index is 1.87. The zero-order valence-corrected chi connectivity index (χ0v) is 9.47. The van der Waals surface area contributed by atoms with Crippen LogP contribution >= 0.6 is 0 Å². The largest absolute Gasteiger partial charge is 0.387 e. The van der Waals surface area contributed by atoms with Crippen molar-refractivity contribution in [2.75, 3.05) is 17.7 Å². The minimum atomic E-state index is 0.0229. The van der Waals surface area contributed by atoms with E-state index in [0.29, 0.717) is 5.95 Å². The molecule has 6 heteroatoms. The SMILES string of the molecule is CNc1ccc2nc(NC(=O)C3CC3)nn2c1. The Morgan fingerprint density at radius 3 is 3.00 bits per heavy atom. The standard InChI is InChI=1S/C11H13N5O/c1-12-8-4-5-9-13-11(15-16(9)6-8)14-10(17)7-2-3-7/h4-7,12H,2-3H2,1H3,(H,14,15,17). The fourth-order valence-electron chi connectivity index (χ4n) is 1.64. The zero-order valence-electron chi connectivity index (χ0n) is 9.47. The first-order chi connectivity index (χ1) is 8.26. The van der Waals surface area contributed by atoms with Crippen LogP contribution in [0.1, 0.15) is 12.8 Å². The van der Waals surface area contributed by atoms with Gasteiger partial charge in [0.2, 0.25) is 11.9 Å². The summed E-state index contributed by atoms with van der Waals surface area (Å²) >= 11 is 0. The molecule has 0 saturated heterocycles. The lowest BCUT2D eigenvalue weighted by Crippen LogP contribution is -2.14. The molecule has 1 fully saturated rings. The number of rotatable bonds is 3. The molecule has 1 aliphatic carbocycles. The summed E-state index contributed by atoms with van der Waals surface area (Å²) < 4.78 is 1.65. The second kappa shape index (κ2) is 3.73. The number of hydrogen-bond donors (Lipinski definition) is 2. The molecule has 0 aliphatic heterocycles. The number of pyridine rings is 1. The van der Waals surface area contributed by atoms with E-state index >= 15 is 0 Å². The van der Waals surface area contributed by atoms with Crippen molar-refractivity contribution in [3.05, 3.63) is 18.3 Å². The van der Waals surface area contributed by atoms with Gasteiger partial charge in [0.25, 0.3) is 0 Å². The molecule has 0 radical (unpaired) electrons. The van der Waals surface area contributed by atoms with Gasteiger partial charge in [-0.15, -0.1) is 5.10 Å². The van der Waals surface area contributed by atoms with Crippen LogP contribution in [0.5, 0.6) is 0 Å². The third-order valence-electron chi connectivity index (χ3n) is 2.80. The number of aromatic nitrogens is 3. The molecule has 0 atom stereocenters. The summed E-state index contributed by atoms with van der Waals surface area (Å²) in [6, 6.07) is 3.77. The van der Waals surface area contributed by atoms with Gasteiger partial charge in [-0.1, -0.05) is 0 Å². The number of fused-ring (bicyclic) bond motifs is 1. The van der Waals surface area contributed by atoms with E-state index in [9.17, 15) is 4.79 Å². The summed E-state index contributed by atoms with van der Waals surface area (Å²) in [6.07, 6.45) is 3.78. The lowest BCUT2D eigenvalue weighted by molar-refractivity contribution is -0.117. The van der Waals surface area contributed by atoms with Crippen LogP contribution in [0, 0.1) is 5.92 Å². The number of nitrogens with zero attached hydrogens (tertiary/aromatic N) is 3. The highest BCUT2D eigenvalue weighted by molar-refractivity contribution is 5.92. The van der Waals surface area contributed by atoms with Gasteiger partial charge in [0, 0.05) is 13.0 Å². The molecule has 2 heterocycles. The molecule has 0 bridgehead atoms. The molecular formula is C11H13N5O. The molecule has 17 heavy (non-hydrogen) atoms. The maximum Gasteiger partial charge on any atom is 0.249 e. The van der Waals surface area contributed by atoms with E-state index in [1.54, 1.807) is 4.52 Å². The van der Waals surface area contributed by atoms with Crippen LogP contribution in [0.25, 0.3) is 5.65 Å². The zero-order chi connectivity index (χ0) is 11.8. The van der Waals surface area contributed by atoms with Gasteiger partial charge in [-0.3, -0.25) is 10.1 Å². The van der Waals surface area contributed by atoms with Crippen molar-refractivity contribution in [3.8, 4) is 0 Å². The van der Waals surface area contributed by atoms with Crippen molar-refractivity contribution < 1.29 is 4.79 Å². The summed E-state index contributed by atoms with van der Waals surface area (Å²) in [6.45, 7) is 0. The van der Waals surface area contributed by atoms with Crippen molar-refractivity contribution in [2.24, 2.45) is 5.92 Å². The second-order valence-corrected chi connectivity index (χ2v) is 4.17. The maximum atomic E-state index is 11.6. The molecule has 2 N–H and O–H groups in total. The fraction of sp³-hybridized carbons (Fsp3) is 0.364. The van der Waals surface area contributed by atoms with Crippen molar-refractivity contribution in [2.45, 2.75) is 12.8 Å². The minimum absolute atomic E-state index is 0.0229. The molecule has 2 aromatic heterocycles. The molecule has 1 saturated carbocycles. The third kappa shape index (κ3) is 1.93. The van der Waals surface area contributed by atoms with Crippen LogP contribution in [0.4, 0.5) is 11.6 Å². The quantitative estimate of drug-likeness (QED) is 0.830. The van der Waals surface area contributed by atoms with Crippen LogP contribution in [0.3, 0.4) is 0 Å². The summed E-state index contributed by atoms with van der Waals surface area (Å²) in [5.74, 6) is 0.555. The molecule has 0 unspecified atom stereocenters. The molecule has 88 valence electrons. The van der Waals surface area contributed by atoms with Crippen LogP contribution in [0.2, 0.25) is 0 Å². The Bertz CT molecular complexity index is 572. The van der Waals surface area contributed by atoms with Crippen molar-refractivity contribution in [3.63, 3.8) is 0 Å². The molecule has 0 spiro atoms. The first kappa shape index (κ1) is 10.1. The van der Waals surface area contributed by atoms with Gasteiger partial charge in [-0.05, 0) is 25.0 Å². The van der Waals surface area contributed by atoms with Crippen molar-refractivity contribution in [1.29, 1.82) is 0 Å².